The van der Waals surface area contributed by atoms with Crippen LogP contribution < -0.4 is 10.2 Å². The molecule has 0 bridgehead atoms. The van der Waals surface area contributed by atoms with Gasteiger partial charge in [0.2, 0.25) is 0 Å². The second-order valence-electron chi connectivity index (χ2n) is 4.26. The van der Waals surface area contributed by atoms with Crippen LogP contribution in [0.2, 0.25) is 0 Å². The normalized spacial score (nSPS) is 16.4. The van der Waals surface area contributed by atoms with Crippen LogP contribution in [0.4, 0.5) is 5.82 Å². The molecule has 17 heavy (non-hydrogen) atoms. The van der Waals surface area contributed by atoms with Gasteiger partial charge in [-0.05, 0) is 31.9 Å². The Labute approximate surface area is 103 Å². The molecule has 1 aliphatic heterocycles. The maximum Gasteiger partial charge on any atom is 0.128 e. The van der Waals surface area contributed by atoms with Gasteiger partial charge in [-0.3, -0.25) is 0 Å². The lowest BCUT2D eigenvalue weighted by molar-refractivity contribution is 0.431. The molecule has 0 spiro atoms. The summed E-state index contributed by atoms with van der Waals surface area (Å²) in [6.07, 6.45) is 4.19. The summed E-state index contributed by atoms with van der Waals surface area (Å²) in [5.41, 5.74) is 0. The van der Waals surface area contributed by atoms with Crippen LogP contribution in [0.1, 0.15) is 19.8 Å². The quantitative estimate of drug-likeness (QED) is 0.799. The third-order valence-electron chi connectivity index (χ3n) is 3.12. The fourth-order valence-corrected chi connectivity index (χ4v) is 2.14. The van der Waals surface area contributed by atoms with Gasteiger partial charge < -0.3 is 10.2 Å². The number of aromatic nitrogens is 1. The van der Waals surface area contributed by atoms with E-state index in [1.807, 2.05) is 25.3 Å². The van der Waals surface area contributed by atoms with Gasteiger partial charge in [-0.15, -0.1) is 5.92 Å². The minimum Gasteiger partial charge on any atom is -0.357 e. The summed E-state index contributed by atoms with van der Waals surface area (Å²) >= 11 is 0. The van der Waals surface area contributed by atoms with E-state index in [1.165, 1.54) is 12.8 Å². The Balaban J connectivity index is 1.79. The van der Waals surface area contributed by atoms with Crippen molar-refractivity contribution < 1.29 is 0 Å². The SMILES string of the molecule is CC#CCNC1CCN(c2ccccn2)CC1. The van der Waals surface area contributed by atoms with E-state index in [0.29, 0.717) is 6.04 Å². The molecule has 3 nitrogen and oxygen atoms in total. The topological polar surface area (TPSA) is 28.2 Å². The zero-order valence-electron chi connectivity index (χ0n) is 10.3. The third kappa shape index (κ3) is 3.47. The average Bonchev–Trinajstić information content (AvgIpc) is 2.41. The first-order valence-electron chi connectivity index (χ1n) is 6.19. The predicted octanol–water partition coefficient (Wildman–Crippen LogP) is 1.66. The summed E-state index contributed by atoms with van der Waals surface area (Å²) < 4.78 is 0. The van der Waals surface area contributed by atoms with E-state index in [0.717, 1.165) is 25.5 Å². The van der Waals surface area contributed by atoms with E-state index >= 15 is 0 Å². The van der Waals surface area contributed by atoms with Crippen molar-refractivity contribution >= 4 is 5.82 Å². The highest BCUT2D eigenvalue weighted by molar-refractivity contribution is 5.38. The average molecular weight is 229 g/mol. The van der Waals surface area contributed by atoms with E-state index in [9.17, 15) is 0 Å². The molecule has 0 unspecified atom stereocenters. The molecule has 1 aromatic heterocycles. The summed E-state index contributed by atoms with van der Waals surface area (Å²) in [6, 6.07) is 6.69. The van der Waals surface area contributed by atoms with Crippen molar-refractivity contribution in [2.75, 3.05) is 24.5 Å². The Morgan fingerprint density at radius 1 is 1.41 bits per heavy atom. The van der Waals surface area contributed by atoms with Crippen LogP contribution in [0, 0.1) is 11.8 Å². The number of nitrogens with one attached hydrogen (secondary N) is 1. The number of rotatable bonds is 3. The lowest BCUT2D eigenvalue weighted by Gasteiger charge is -2.32. The Bertz CT molecular complexity index is 383. The Kier molecular flexibility index (Phi) is 4.40. The van der Waals surface area contributed by atoms with Crippen molar-refractivity contribution in [3.8, 4) is 11.8 Å². The van der Waals surface area contributed by atoms with Gasteiger partial charge in [0.25, 0.3) is 0 Å². The van der Waals surface area contributed by atoms with Crippen LogP contribution in [0.25, 0.3) is 0 Å². The summed E-state index contributed by atoms with van der Waals surface area (Å²) in [4.78, 5) is 6.74. The van der Waals surface area contributed by atoms with E-state index in [2.05, 4.69) is 33.1 Å². The van der Waals surface area contributed by atoms with Crippen molar-refractivity contribution in [2.45, 2.75) is 25.8 Å². The maximum atomic E-state index is 4.39. The molecule has 0 aliphatic carbocycles. The molecule has 1 aromatic rings. The molecular weight excluding hydrogens is 210 g/mol. The number of hydrogen-bond acceptors (Lipinski definition) is 3. The van der Waals surface area contributed by atoms with Crippen molar-refractivity contribution in [3.05, 3.63) is 24.4 Å². The molecule has 2 heterocycles. The van der Waals surface area contributed by atoms with Gasteiger partial charge in [0.05, 0.1) is 6.54 Å². The van der Waals surface area contributed by atoms with E-state index in [4.69, 9.17) is 0 Å². The van der Waals surface area contributed by atoms with Crippen molar-refractivity contribution in [2.24, 2.45) is 0 Å². The molecule has 1 saturated heterocycles. The fraction of sp³-hybridized carbons (Fsp3) is 0.500. The summed E-state index contributed by atoms with van der Waals surface area (Å²) in [7, 11) is 0. The number of nitrogens with zero attached hydrogens (tertiary/aromatic N) is 2. The lowest BCUT2D eigenvalue weighted by Crippen LogP contribution is -2.42. The minimum absolute atomic E-state index is 0.607. The molecular formula is C14H19N3. The van der Waals surface area contributed by atoms with E-state index in [1.54, 1.807) is 0 Å². The zero-order chi connectivity index (χ0) is 11.9. The summed E-state index contributed by atoms with van der Waals surface area (Å²) in [6.45, 7) is 4.85. The summed E-state index contributed by atoms with van der Waals surface area (Å²) in [5, 5.41) is 3.47. The van der Waals surface area contributed by atoms with E-state index in [-0.39, 0.29) is 0 Å². The molecule has 2 rings (SSSR count). The predicted molar refractivity (Wildman–Crippen MR) is 70.9 cm³/mol. The highest BCUT2D eigenvalue weighted by Crippen LogP contribution is 2.16. The molecule has 1 fully saturated rings. The standard InChI is InChI=1S/C14H19N3/c1-2-3-9-15-13-7-11-17(12-8-13)14-6-4-5-10-16-14/h4-6,10,13,15H,7-9,11-12H2,1H3. The molecule has 0 saturated carbocycles. The molecule has 0 atom stereocenters. The molecule has 3 heteroatoms. The second kappa shape index (κ2) is 6.27. The molecule has 0 radical (unpaired) electrons. The monoisotopic (exact) mass is 229 g/mol. The van der Waals surface area contributed by atoms with Crippen molar-refractivity contribution in [1.82, 2.24) is 10.3 Å². The van der Waals surface area contributed by atoms with Gasteiger partial charge >= 0.3 is 0 Å². The van der Waals surface area contributed by atoms with Crippen LogP contribution in [0.3, 0.4) is 0 Å². The number of pyridine rings is 1. The molecule has 1 aliphatic rings. The van der Waals surface area contributed by atoms with Crippen LogP contribution >= 0.6 is 0 Å². The second-order valence-corrected chi connectivity index (χ2v) is 4.26. The van der Waals surface area contributed by atoms with Crippen LogP contribution in [0.15, 0.2) is 24.4 Å². The molecule has 0 aromatic carbocycles. The van der Waals surface area contributed by atoms with Crippen LogP contribution in [-0.4, -0.2) is 30.7 Å². The zero-order valence-corrected chi connectivity index (χ0v) is 10.3. The largest absolute Gasteiger partial charge is 0.357 e. The Hall–Kier alpha value is -1.53. The van der Waals surface area contributed by atoms with Gasteiger partial charge in [0, 0.05) is 25.3 Å². The van der Waals surface area contributed by atoms with E-state index < -0.39 is 0 Å². The first-order valence-corrected chi connectivity index (χ1v) is 6.19. The van der Waals surface area contributed by atoms with Crippen LogP contribution in [0.5, 0.6) is 0 Å². The highest BCUT2D eigenvalue weighted by Gasteiger charge is 2.18. The maximum absolute atomic E-state index is 4.39. The first kappa shape index (κ1) is 11.9. The Morgan fingerprint density at radius 2 is 2.24 bits per heavy atom. The van der Waals surface area contributed by atoms with Gasteiger partial charge in [-0.2, -0.15) is 0 Å². The van der Waals surface area contributed by atoms with Gasteiger partial charge in [0.1, 0.15) is 5.82 Å². The van der Waals surface area contributed by atoms with Crippen molar-refractivity contribution in [3.63, 3.8) is 0 Å². The van der Waals surface area contributed by atoms with Crippen molar-refractivity contribution in [1.29, 1.82) is 0 Å². The summed E-state index contributed by atoms with van der Waals surface area (Å²) in [5.74, 6) is 7.06. The third-order valence-corrected chi connectivity index (χ3v) is 3.12. The fourth-order valence-electron chi connectivity index (χ4n) is 2.14. The molecule has 1 N–H and O–H groups in total. The van der Waals surface area contributed by atoms with Gasteiger partial charge in [-0.25, -0.2) is 4.98 Å². The Morgan fingerprint density at radius 3 is 2.88 bits per heavy atom. The minimum atomic E-state index is 0.607. The number of hydrogen-bond donors (Lipinski definition) is 1. The first-order chi connectivity index (χ1) is 8.40. The molecule has 0 amide bonds. The number of anilines is 1. The lowest BCUT2D eigenvalue weighted by atomic mass is 10.1. The smallest absolute Gasteiger partial charge is 0.128 e. The molecule has 90 valence electrons. The highest BCUT2D eigenvalue weighted by atomic mass is 15.2. The van der Waals surface area contributed by atoms with Gasteiger partial charge in [-0.1, -0.05) is 12.0 Å². The van der Waals surface area contributed by atoms with Crippen LogP contribution in [-0.2, 0) is 0 Å². The number of piperidine rings is 1. The van der Waals surface area contributed by atoms with Gasteiger partial charge in [0.15, 0.2) is 0 Å².